The summed E-state index contributed by atoms with van der Waals surface area (Å²) in [5.41, 5.74) is 2.97. The number of carbonyl (C=O) groups excluding carboxylic acids is 1. The lowest BCUT2D eigenvalue weighted by molar-refractivity contribution is -0.121. The Labute approximate surface area is 161 Å². The number of nitrogens with zero attached hydrogens (tertiary/aromatic N) is 1. The van der Waals surface area contributed by atoms with Crippen molar-refractivity contribution in [3.63, 3.8) is 0 Å². The van der Waals surface area contributed by atoms with E-state index in [-0.39, 0.29) is 17.6 Å². The number of fused-ring (bicyclic) bond motifs is 1. The maximum atomic E-state index is 13.1. The summed E-state index contributed by atoms with van der Waals surface area (Å²) in [7, 11) is -3.57. The maximum absolute atomic E-state index is 13.1. The highest BCUT2D eigenvalue weighted by atomic mass is 32.2. The van der Waals surface area contributed by atoms with Gasteiger partial charge in [0.25, 0.3) is 0 Å². The van der Waals surface area contributed by atoms with E-state index in [4.69, 9.17) is 0 Å². The summed E-state index contributed by atoms with van der Waals surface area (Å²) in [5.74, 6) is -0.362. The van der Waals surface area contributed by atoms with Gasteiger partial charge in [-0.1, -0.05) is 62.4 Å². The Bertz CT molecular complexity index is 895. The molecule has 0 saturated carbocycles. The number of rotatable bonds is 7. The van der Waals surface area contributed by atoms with Crippen LogP contribution < -0.4 is 9.62 Å². The molecule has 1 aliphatic heterocycles. The summed E-state index contributed by atoms with van der Waals surface area (Å²) < 4.78 is 27.9. The largest absolute Gasteiger partial charge is 0.310 e. The molecule has 0 saturated heterocycles. The molecule has 0 aliphatic carbocycles. The Morgan fingerprint density at radius 3 is 2.44 bits per heavy atom. The first kappa shape index (κ1) is 19.6. The molecule has 6 heteroatoms. The molecule has 0 unspecified atom stereocenters. The fourth-order valence-electron chi connectivity index (χ4n) is 3.36. The van der Waals surface area contributed by atoms with Gasteiger partial charge in [-0.05, 0) is 36.0 Å². The number of anilines is 1. The molecule has 0 fully saturated rings. The van der Waals surface area contributed by atoms with Crippen LogP contribution in [-0.2, 0) is 27.7 Å². The monoisotopic (exact) mass is 386 g/mol. The van der Waals surface area contributed by atoms with E-state index in [1.54, 1.807) is 4.90 Å². The zero-order valence-electron chi connectivity index (χ0n) is 15.8. The van der Waals surface area contributed by atoms with Crippen LogP contribution in [0.5, 0.6) is 0 Å². The molecule has 27 heavy (non-hydrogen) atoms. The third kappa shape index (κ3) is 4.76. The summed E-state index contributed by atoms with van der Waals surface area (Å²) >= 11 is 0. The second-order valence-electron chi connectivity index (χ2n) is 7.26. The lowest BCUT2D eigenvalue weighted by Gasteiger charge is -2.27. The molecule has 3 rings (SSSR count). The van der Waals surface area contributed by atoms with Crippen molar-refractivity contribution in [2.24, 2.45) is 5.92 Å². The van der Waals surface area contributed by atoms with E-state index in [1.165, 1.54) is 0 Å². The summed E-state index contributed by atoms with van der Waals surface area (Å²) in [5, 5.41) is 0. The average molecular weight is 387 g/mol. The second kappa shape index (κ2) is 8.23. The molecular weight excluding hydrogens is 360 g/mol. The van der Waals surface area contributed by atoms with Crippen molar-refractivity contribution in [2.75, 3.05) is 17.2 Å². The molecule has 144 valence electrons. The number of benzene rings is 2. The fourth-order valence-corrected chi connectivity index (χ4v) is 4.74. The standard InChI is InChI=1S/C21H26N2O3S/c1-16(2)20(21(24)23-14-12-18-10-6-7-11-19(18)23)22-27(25,26)15-13-17-8-4-3-5-9-17/h3-11,16,20,22H,12-15H2,1-2H3/t20-/m0/s1. The van der Waals surface area contributed by atoms with Gasteiger partial charge in [0.05, 0.1) is 5.75 Å². The van der Waals surface area contributed by atoms with Crippen LogP contribution in [0.25, 0.3) is 0 Å². The van der Waals surface area contributed by atoms with Gasteiger partial charge in [0, 0.05) is 12.2 Å². The first-order chi connectivity index (χ1) is 12.9. The molecule has 0 bridgehead atoms. The molecule has 1 atom stereocenters. The number of hydrogen-bond acceptors (Lipinski definition) is 3. The van der Waals surface area contributed by atoms with Crippen molar-refractivity contribution >= 4 is 21.6 Å². The van der Waals surface area contributed by atoms with Gasteiger partial charge in [0.1, 0.15) is 6.04 Å². The molecule has 1 amide bonds. The topological polar surface area (TPSA) is 66.5 Å². The van der Waals surface area contributed by atoms with Crippen molar-refractivity contribution in [1.82, 2.24) is 4.72 Å². The summed E-state index contributed by atoms with van der Waals surface area (Å²) in [6.07, 6.45) is 1.22. The van der Waals surface area contributed by atoms with E-state index in [0.29, 0.717) is 13.0 Å². The van der Waals surface area contributed by atoms with Gasteiger partial charge in [-0.15, -0.1) is 0 Å². The highest BCUT2D eigenvalue weighted by molar-refractivity contribution is 7.89. The smallest absolute Gasteiger partial charge is 0.245 e. The summed E-state index contributed by atoms with van der Waals surface area (Å²) in [6, 6.07) is 16.5. The number of amides is 1. The van der Waals surface area contributed by atoms with Crippen LogP contribution in [0.1, 0.15) is 25.0 Å². The molecule has 1 heterocycles. The van der Waals surface area contributed by atoms with Gasteiger partial charge in [-0.3, -0.25) is 4.79 Å². The zero-order chi connectivity index (χ0) is 19.4. The third-order valence-electron chi connectivity index (χ3n) is 4.89. The highest BCUT2D eigenvalue weighted by Gasteiger charge is 2.34. The van der Waals surface area contributed by atoms with Crippen molar-refractivity contribution in [3.8, 4) is 0 Å². The summed E-state index contributed by atoms with van der Waals surface area (Å²) in [6.45, 7) is 4.32. The number of aryl methyl sites for hydroxylation is 1. The maximum Gasteiger partial charge on any atom is 0.245 e. The summed E-state index contributed by atoms with van der Waals surface area (Å²) in [4.78, 5) is 14.8. The predicted octanol–water partition coefficient (Wildman–Crippen LogP) is 2.76. The average Bonchev–Trinajstić information content (AvgIpc) is 3.09. The number of hydrogen-bond donors (Lipinski definition) is 1. The van der Waals surface area contributed by atoms with E-state index in [9.17, 15) is 13.2 Å². The van der Waals surface area contributed by atoms with Gasteiger partial charge < -0.3 is 4.90 Å². The predicted molar refractivity (Wildman–Crippen MR) is 108 cm³/mol. The lowest BCUT2D eigenvalue weighted by Crippen LogP contribution is -2.51. The van der Waals surface area contributed by atoms with Crippen molar-refractivity contribution in [2.45, 2.75) is 32.7 Å². The number of sulfonamides is 1. The first-order valence-electron chi connectivity index (χ1n) is 9.30. The van der Waals surface area contributed by atoms with E-state index in [1.807, 2.05) is 68.4 Å². The molecule has 1 aliphatic rings. The fraction of sp³-hybridized carbons (Fsp3) is 0.381. The number of nitrogens with one attached hydrogen (secondary N) is 1. The van der Waals surface area contributed by atoms with Crippen molar-refractivity contribution in [1.29, 1.82) is 0 Å². The van der Waals surface area contributed by atoms with Crippen LogP contribution in [0.15, 0.2) is 54.6 Å². The molecule has 2 aromatic rings. The van der Waals surface area contributed by atoms with Crippen LogP contribution in [0, 0.1) is 5.92 Å². The molecule has 5 nitrogen and oxygen atoms in total. The van der Waals surface area contributed by atoms with Gasteiger partial charge in [-0.2, -0.15) is 0 Å². The van der Waals surface area contributed by atoms with Crippen molar-refractivity contribution < 1.29 is 13.2 Å². The van der Waals surface area contributed by atoms with Gasteiger partial charge in [0.2, 0.25) is 15.9 Å². The minimum atomic E-state index is -3.57. The first-order valence-corrected chi connectivity index (χ1v) is 11.0. The van der Waals surface area contributed by atoms with Crippen LogP contribution >= 0.6 is 0 Å². The Hall–Kier alpha value is -2.18. The van der Waals surface area contributed by atoms with Gasteiger partial charge >= 0.3 is 0 Å². The number of para-hydroxylation sites is 1. The van der Waals surface area contributed by atoms with Crippen LogP contribution in [0.3, 0.4) is 0 Å². The van der Waals surface area contributed by atoms with Crippen molar-refractivity contribution in [3.05, 3.63) is 65.7 Å². The Balaban J connectivity index is 1.71. The molecule has 1 N–H and O–H groups in total. The van der Waals surface area contributed by atoms with Crippen LogP contribution in [-0.4, -0.2) is 32.7 Å². The minimum absolute atomic E-state index is 0.0376. The van der Waals surface area contributed by atoms with E-state index in [2.05, 4.69) is 4.72 Å². The Kier molecular flexibility index (Phi) is 5.97. The van der Waals surface area contributed by atoms with Gasteiger partial charge in [-0.25, -0.2) is 13.1 Å². The van der Waals surface area contributed by atoms with Crippen LogP contribution in [0.2, 0.25) is 0 Å². The number of carbonyl (C=O) groups is 1. The Morgan fingerprint density at radius 2 is 1.74 bits per heavy atom. The molecule has 0 aromatic heterocycles. The zero-order valence-corrected chi connectivity index (χ0v) is 16.6. The van der Waals surface area contributed by atoms with Gasteiger partial charge in [0.15, 0.2) is 0 Å². The SMILES string of the molecule is CC(C)[C@H](NS(=O)(=O)CCc1ccccc1)C(=O)N1CCc2ccccc21. The molecule has 2 aromatic carbocycles. The normalized spacial score (nSPS) is 15.0. The third-order valence-corrected chi connectivity index (χ3v) is 6.25. The lowest BCUT2D eigenvalue weighted by atomic mass is 10.0. The molecule has 0 spiro atoms. The van der Waals surface area contributed by atoms with E-state index in [0.717, 1.165) is 23.2 Å². The quantitative estimate of drug-likeness (QED) is 0.796. The van der Waals surface area contributed by atoms with E-state index >= 15 is 0 Å². The van der Waals surface area contributed by atoms with E-state index < -0.39 is 16.1 Å². The molecular formula is C21H26N2O3S. The highest BCUT2D eigenvalue weighted by Crippen LogP contribution is 2.28. The molecule has 0 radical (unpaired) electrons. The Morgan fingerprint density at radius 1 is 1.07 bits per heavy atom. The van der Waals surface area contributed by atoms with Crippen LogP contribution in [0.4, 0.5) is 5.69 Å². The minimum Gasteiger partial charge on any atom is -0.310 e. The second-order valence-corrected chi connectivity index (χ2v) is 9.14.